The first-order chi connectivity index (χ1) is 9.25. The standard InChI is InChI=1S/C15H21N3O/c1-11-10-18(12-6-8-16-9-7-12)15(19)17-14-5-3-2-4-13(11)14/h2-5,11-12,16H,6-10H2,1H3,(H,17,19). The topological polar surface area (TPSA) is 44.4 Å². The van der Waals surface area contributed by atoms with Crippen molar-refractivity contribution in [3.8, 4) is 0 Å². The van der Waals surface area contributed by atoms with Gasteiger partial charge >= 0.3 is 6.03 Å². The van der Waals surface area contributed by atoms with Gasteiger partial charge in [0.15, 0.2) is 0 Å². The Kier molecular flexibility index (Phi) is 3.42. The molecular weight excluding hydrogens is 238 g/mol. The molecule has 0 saturated carbocycles. The van der Waals surface area contributed by atoms with E-state index in [0.29, 0.717) is 12.0 Å². The molecule has 4 heteroatoms. The van der Waals surface area contributed by atoms with Gasteiger partial charge in [0.25, 0.3) is 0 Å². The number of carbonyl (C=O) groups excluding carboxylic acids is 1. The summed E-state index contributed by atoms with van der Waals surface area (Å²) in [5.74, 6) is 0.380. The summed E-state index contributed by atoms with van der Waals surface area (Å²) in [6.45, 7) is 5.03. The molecule has 0 radical (unpaired) electrons. The molecular formula is C15H21N3O. The third-order valence-electron chi connectivity index (χ3n) is 4.21. The molecule has 0 aliphatic carbocycles. The van der Waals surface area contributed by atoms with Crippen molar-refractivity contribution in [3.05, 3.63) is 29.8 Å². The van der Waals surface area contributed by atoms with Crippen LogP contribution in [0.4, 0.5) is 10.5 Å². The van der Waals surface area contributed by atoms with Gasteiger partial charge in [0, 0.05) is 24.2 Å². The SMILES string of the molecule is CC1CN(C2CCNCC2)C(=O)Nc2ccccc21. The highest BCUT2D eigenvalue weighted by molar-refractivity contribution is 5.91. The quantitative estimate of drug-likeness (QED) is 0.813. The molecule has 2 amide bonds. The van der Waals surface area contributed by atoms with Crippen molar-refractivity contribution in [2.24, 2.45) is 0 Å². The largest absolute Gasteiger partial charge is 0.322 e. The summed E-state index contributed by atoms with van der Waals surface area (Å²) in [6, 6.07) is 8.57. The van der Waals surface area contributed by atoms with Gasteiger partial charge in [0.1, 0.15) is 0 Å². The minimum Gasteiger partial charge on any atom is -0.321 e. The number of hydrogen-bond acceptors (Lipinski definition) is 2. The van der Waals surface area contributed by atoms with E-state index in [2.05, 4.69) is 23.6 Å². The predicted molar refractivity (Wildman–Crippen MR) is 76.5 cm³/mol. The van der Waals surface area contributed by atoms with E-state index in [1.165, 1.54) is 5.56 Å². The second-order valence-corrected chi connectivity index (χ2v) is 5.55. The van der Waals surface area contributed by atoms with Gasteiger partial charge in [-0.1, -0.05) is 25.1 Å². The number of urea groups is 1. The van der Waals surface area contributed by atoms with E-state index in [1.807, 2.05) is 23.1 Å². The zero-order valence-corrected chi connectivity index (χ0v) is 11.4. The molecule has 1 saturated heterocycles. The maximum absolute atomic E-state index is 12.4. The van der Waals surface area contributed by atoms with Gasteiger partial charge in [0.05, 0.1) is 0 Å². The Morgan fingerprint density at radius 2 is 1.95 bits per heavy atom. The van der Waals surface area contributed by atoms with E-state index >= 15 is 0 Å². The molecule has 1 aromatic rings. The average molecular weight is 259 g/mol. The van der Waals surface area contributed by atoms with Crippen LogP contribution >= 0.6 is 0 Å². The Bertz CT molecular complexity index is 468. The van der Waals surface area contributed by atoms with Crippen LogP contribution in [0.15, 0.2) is 24.3 Å². The highest BCUT2D eigenvalue weighted by atomic mass is 16.2. The Morgan fingerprint density at radius 1 is 1.21 bits per heavy atom. The maximum atomic E-state index is 12.4. The third kappa shape index (κ3) is 2.45. The van der Waals surface area contributed by atoms with Crippen molar-refractivity contribution < 1.29 is 4.79 Å². The van der Waals surface area contributed by atoms with Gasteiger partial charge in [-0.25, -0.2) is 4.79 Å². The Hall–Kier alpha value is -1.55. The van der Waals surface area contributed by atoms with E-state index < -0.39 is 0 Å². The molecule has 2 aliphatic heterocycles. The minimum absolute atomic E-state index is 0.0590. The highest BCUT2D eigenvalue weighted by Crippen LogP contribution is 2.30. The van der Waals surface area contributed by atoms with Gasteiger partial charge in [-0.3, -0.25) is 0 Å². The summed E-state index contributed by atoms with van der Waals surface area (Å²) in [5, 5.41) is 6.42. The Morgan fingerprint density at radius 3 is 2.74 bits per heavy atom. The molecule has 102 valence electrons. The third-order valence-corrected chi connectivity index (χ3v) is 4.21. The number of nitrogens with one attached hydrogen (secondary N) is 2. The van der Waals surface area contributed by atoms with Crippen molar-refractivity contribution in [1.29, 1.82) is 0 Å². The number of hydrogen-bond donors (Lipinski definition) is 2. The zero-order valence-electron chi connectivity index (χ0n) is 11.4. The molecule has 1 atom stereocenters. The summed E-state index contributed by atoms with van der Waals surface area (Å²) in [4.78, 5) is 14.4. The lowest BCUT2D eigenvalue weighted by molar-refractivity contribution is 0.168. The molecule has 3 rings (SSSR count). The van der Waals surface area contributed by atoms with Crippen LogP contribution in [-0.2, 0) is 0 Å². The van der Waals surface area contributed by atoms with Crippen molar-refractivity contribution in [1.82, 2.24) is 10.2 Å². The van der Waals surface area contributed by atoms with E-state index in [4.69, 9.17) is 0 Å². The van der Waals surface area contributed by atoms with Gasteiger partial charge in [-0.15, -0.1) is 0 Å². The fourth-order valence-corrected chi connectivity index (χ4v) is 3.14. The number of nitrogens with zero attached hydrogens (tertiary/aromatic N) is 1. The van der Waals surface area contributed by atoms with Gasteiger partial charge in [-0.2, -0.15) is 0 Å². The molecule has 1 fully saturated rings. The number of amides is 2. The first-order valence-corrected chi connectivity index (χ1v) is 7.13. The number of piperidine rings is 1. The van der Waals surface area contributed by atoms with Crippen molar-refractivity contribution >= 4 is 11.7 Å². The molecule has 1 aromatic carbocycles. The minimum atomic E-state index is 0.0590. The van der Waals surface area contributed by atoms with E-state index in [-0.39, 0.29) is 6.03 Å². The van der Waals surface area contributed by atoms with E-state index in [0.717, 1.165) is 38.2 Å². The number of benzene rings is 1. The lowest BCUT2D eigenvalue weighted by Gasteiger charge is -2.34. The number of fused-ring (bicyclic) bond motifs is 1. The summed E-state index contributed by atoms with van der Waals surface area (Å²) < 4.78 is 0. The van der Waals surface area contributed by atoms with Gasteiger partial charge in [0.2, 0.25) is 0 Å². The predicted octanol–water partition coefficient (Wildman–Crippen LogP) is 2.39. The monoisotopic (exact) mass is 259 g/mol. The van der Waals surface area contributed by atoms with Crippen molar-refractivity contribution in [2.45, 2.75) is 31.7 Å². The average Bonchev–Trinajstić information content (AvgIpc) is 2.57. The fraction of sp³-hybridized carbons (Fsp3) is 0.533. The van der Waals surface area contributed by atoms with Crippen molar-refractivity contribution in [2.75, 3.05) is 25.0 Å². The highest BCUT2D eigenvalue weighted by Gasteiger charge is 2.30. The summed E-state index contributed by atoms with van der Waals surface area (Å²) in [7, 11) is 0. The molecule has 1 unspecified atom stereocenters. The van der Waals surface area contributed by atoms with Crippen molar-refractivity contribution in [3.63, 3.8) is 0 Å². The summed E-state index contributed by atoms with van der Waals surface area (Å²) in [6.07, 6.45) is 2.10. The first-order valence-electron chi connectivity index (χ1n) is 7.13. The van der Waals surface area contributed by atoms with Crippen LogP contribution in [-0.4, -0.2) is 36.6 Å². The second-order valence-electron chi connectivity index (χ2n) is 5.55. The molecule has 2 N–H and O–H groups in total. The first kappa shape index (κ1) is 12.5. The molecule has 2 aliphatic rings. The van der Waals surface area contributed by atoms with Crippen LogP contribution < -0.4 is 10.6 Å². The van der Waals surface area contributed by atoms with Gasteiger partial charge < -0.3 is 15.5 Å². The number of para-hydroxylation sites is 1. The van der Waals surface area contributed by atoms with Crippen LogP contribution in [0, 0.1) is 0 Å². The van der Waals surface area contributed by atoms with E-state index in [1.54, 1.807) is 0 Å². The smallest absolute Gasteiger partial charge is 0.321 e. The molecule has 0 spiro atoms. The zero-order chi connectivity index (χ0) is 13.2. The second kappa shape index (κ2) is 5.21. The lowest BCUT2D eigenvalue weighted by atomic mass is 9.98. The van der Waals surface area contributed by atoms with Crippen LogP contribution in [0.25, 0.3) is 0 Å². The van der Waals surface area contributed by atoms with Gasteiger partial charge in [-0.05, 0) is 37.6 Å². The molecule has 4 nitrogen and oxygen atoms in total. The van der Waals surface area contributed by atoms with Crippen LogP contribution in [0.3, 0.4) is 0 Å². The molecule has 2 heterocycles. The molecule has 0 aromatic heterocycles. The maximum Gasteiger partial charge on any atom is 0.322 e. The normalized spacial score (nSPS) is 24.6. The number of anilines is 1. The summed E-state index contributed by atoms with van der Waals surface area (Å²) >= 11 is 0. The summed E-state index contributed by atoms with van der Waals surface area (Å²) in [5.41, 5.74) is 2.21. The molecule has 0 bridgehead atoms. The van der Waals surface area contributed by atoms with E-state index in [9.17, 15) is 4.79 Å². The van der Waals surface area contributed by atoms with Crippen LogP contribution in [0.5, 0.6) is 0 Å². The fourth-order valence-electron chi connectivity index (χ4n) is 3.14. The number of rotatable bonds is 1. The Balaban J connectivity index is 1.84. The van der Waals surface area contributed by atoms with Crippen LogP contribution in [0.1, 0.15) is 31.2 Å². The lowest BCUT2D eigenvalue weighted by Crippen LogP contribution is -2.48. The Labute approximate surface area is 114 Å². The van der Waals surface area contributed by atoms with Crippen LogP contribution in [0.2, 0.25) is 0 Å². The molecule has 19 heavy (non-hydrogen) atoms. The number of carbonyl (C=O) groups is 1.